The molecule has 134 valence electrons. The van der Waals surface area contributed by atoms with Gasteiger partial charge >= 0.3 is 0 Å². The second kappa shape index (κ2) is 6.90. The van der Waals surface area contributed by atoms with Crippen LogP contribution in [0, 0.1) is 5.82 Å². The monoisotopic (exact) mass is 352 g/mol. The number of carbonyl (C=O) groups excluding carboxylic acids is 1. The molecule has 1 aliphatic carbocycles. The van der Waals surface area contributed by atoms with Crippen LogP contribution in [0.5, 0.6) is 0 Å². The van der Waals surface area contributed by atoms with Crippen molar-refractivity contribution in [2.75, 3.05) is 0 Å². The molecule has 0 radical (unpaired) electrons. The molecule has 2 atom stereocenters. The second-order valence-electron chi connectivity index (χ2n) is 6.89. The fourth-order valence-corrected chi connectivity index (χ4v) is 3.47. The van der Waals surface area contributed by atoms with Crippen LogP contribution in [-0.2, 0) is 9.63 Å². The smallest absolute Gasteiger partial charge is 0.272 e. The number of benzene rings is 2. The quantitative estimate of drug-likeness (QED) is 0.801. The van der Waals surface area contributed by atoms with Crippen LogP contribution in [0.1, 0.15) is 49.5 Å². The van der Waals surface area contributed by atoms with Gasteiger partial charge in [0, 0.05) is 18.0 Å². The lowest BCUT2D eigenvalue weighted by Crippen LogP contribution is -2.40. The van der Waals surface area contributed by atoms with Crippen molar-refractivity contribution in [2.45, 2.75) is 44.4 Å². The molecule has 1 aliphatic heterocycles. The summed E-state index contributed by atoms with van der Waals surface area (Å²) in [6, 6.07) is 16.2. The number of rotatable bonds is 5. The van der Waals surface area contributed by atoms with Gasteiger partial charge in [-0.2, -0.15) is 0 Å². The molecule has 1 heterocycles. The van der Waals surface area contributed by atoms with Crippen LogP contribution in [0.4, 0.5) is 4.39 Å². The molecule has 1 saturated carbocycles. The van der Waals surface area contributed by atoms with E-state index in [4.69, 9.17) is 4.84 Å². The maximum atomic E-state index is 14.2. The Bertz CT molecular complexity index is 833. The summed E-state index contributed by atoms with van der Waals surface area (Å²) in [6.07, 6.45) is 2.09. The van der Waals surface area contributed by atoms with Crippen LogP contribution in [0.15, 0.2) is 59.8 Å². The number of halogens is 1. The summed E-state index contributed by atoms with van der Waals surface area (Å²) < 4.78 is 14.2. The average Bonchev–Trinajstić information content (AvgIpc) is 3.37. The number of nitrogens with zero attached hydrogens (tertiary/aromatic N) is 2. The van der Waals surface area contributed by atoms with Gasteiger partial charge in [0.1, 0.15) is 11.5 Å². The number of amides is 1. The molecule has 2 aromatic carbocycles. The molecule has 1 amide bonds. The van der Waals surface area contributed by atoms with Gasteiger partial charge in [0.25, 0.3) is 5.91 Å². The third kappa shape index (κ3) is 3.21. The number of hydrogen-bond donors (Lipinski definition) is 0. The molecular weight excluding hydrogens is 331 g/mol. The van der Waals surface area contributed by atoms with E-state index in [0.717, 1.165) is 18.4 Å². The van der Waals surface area contributed by atoms with E-state index < -0.39 is 0 Å². The van der Waals surface area contributed by atoms with Crippen LogP contribution in [0.25, 0.3) is 0 Å². The molecule has 0 saturated heterocycles. The summed E-state index contributed by atoms with van der Waals surface area (Å²) >= 11 is 0. The molecule has 0 spiro atoms. The van der Waals surface area contributed by atoms with Gasteiger partial charge in [0.2, 0.25) is 0 Å². The third-order valence-electron chi connectivity index (χ3n) is 5.03. The van der Waals surface area contributed by atoms with Crippen LogP contribution < -0.4 is 0 Å². The van der Waals surface area contributed by atoms with Crippen molar-refractivity contribution >= 4 is 11.6 Å². The molecule has 0 N–H and O–H groups in total. The Kier molecular flexibility index (Phi) is 4.45. The minimum atomic E-state index is -0.338. The van der Waals surface area contributed by atoms with E-state index in [-0.39, 0.29) is 29.9 Å². The molecule has 4 rings (SSSR count). The van der Waals surface area contributed by atoms with Gasteiger partial charge in [-0.25, -0.2) is 4.39 Å². The van der Waals surface area contributed by atoms with Crippen LogP contribution in [0.3, 0.4) is 0 Å². The Labute approximate surface area is 152 Å². The highest BCUT2D eigenvalue weighted by Gasteiger charge is 2.40. The Balaban J connectivity index is 1.53. The highest BCUT2D eigenvalue weighted by atomic mass is 19.1. The second-order valence-corrected chi connectivity index (χ2v) is 6.89. The fourth-order valence-electron chi connectivity index (χ4n) is 3.47. The van der Waals surface area contributed by atoms with Crippen molar-refractivity contribution in [1.29, 1.82) is 0 Å². The van der Waals surface area contributed by atoms with Gasteiger partial charge in [-0.05, 0) is 31.4 Å². The summed E-state index contributed by atoms with van der Waals surface area (Å²) in [4.78, 5) is 20.4. The summed E-state index contributed by atoms with van der Waals surface area (Å²) in [6.45, 7) is 1.87. The van der Waals surface area contributed by atoms with Crippen molar-refractivity contribution in [1.82, 2.24) is 4.90 Å². The lowest BCUT2D eigenvalue weighted by atomic mass is 10.0. The van der Waals surface area contributed by atoms with Crippen LogP contribution >= 0.6 is 0 Å². The molecule has 4 nitrogen and oxygen atoms in total. The Morgan fingerprint density at radius 1 is 1.15 bits per heavy atom. The molecule has 0 bridgehead atoms. The lowest BCUT2D eigenvalue weighted by Gasteiger charge is -2.29. The van der Waals surface area contributed by atoms with Gasteiger partial charge in [-0.15, -0.1) is 0 Å². The summed E-state index contributed by atoms with van der Waals surface area (Å²) in [5, 5.41) is 4.05. The van der Waals surface area contributed by atoms with Crippen molar-refractivity contribution in [3.63, 3.8) is 0 Å². The first-order chi connectivity index (χ1) is 12.6. The summed E-state index contributed by atoms with van der Waals surface area (Å²) in [7, 11) is 0. The largest absolute Gasteiger partial charge is 0.387 e. The van der Waals surface area contributed by atoms with Gasteiger partial charge in [0.05, 0.1) is 6.04 Å². The molecule has 0 aromatic heterocycles. The maximum absolute atomic E-state index is 14.2. The molecule has 2 unspecified atom stereocenters. The van der Waals surface area contributed by atoms with E-state index in [9.17, 15) is 9.18 Å². The van der Waals surface area contributed by atoms with E-state index in [1.165, 1.54) is 6.07 Å². The highest BCUT2D eigenvalue weighted by molar-refractivity contribution is 6.39. The van der Waals surface area contributed by atoms with Gasteiger partial charge < -0.3 is 9.74 Å². The zero-order valence-electron chi connectivity index (χ0n) is 14.6. The van der Waals surface area contributed by atoms with Gasteiger partial charge in [-0.1, -0.05) is 53.7 Å². The van der Waals surface area contributed by atoms with Crippen LogP contribution in [0.2, 0.25) is 0 Å². The Morgan fingerprint density at radius 3 is 2.54 bits per heavy atom. The molecule has 5 heteroatoms. The number of oxime groups is 1. The van der Waals surface area contributed by atoms with Crippen molar-refractivity contribution in [2.24, 2.45) is 5.16 Å². The minimum Gasteiger partial charge on any atom is -0.387 e. The number of hydrogen-bond acceptors (Lipinski definition) is 3. The average molecular weight is 352 g/mol. The number of carbonyl (C=O) groups is 1. The van der Waals surface area contributed by atoms with E-state index in [0.29, 0.717) is 17.7 Å². The Hall–Kier alpha value is -2.69. The van der Waals surface area contributed by atoms with E-state index in [1.54, 1.807) is 23.1 Å². The minimum absolute atomic E-state index is 0.149. The molecule has 1 fully saturated rings. The van der Waals surface area contributed by atoms with Gasteiger partial charge in [0.15, 0.2) is 6.10 Å². The van der Waals surface area contributed by atoms with E-state index in [2.05, 4.69) is 5.16 Å². The summed E-state index contributed by atoms with van der Waals surface area (Å²) in [5.41, 5.74) is 1.94. The summed E-state index contributed by atoms with van der Waals surface area (Å²) in [5.74, 6) is -0.438. The van der Waals surface area contributed by atoms with Gasteiger partial charge in [-0.3, -0.25) is 4.79 Å². The van der Waals surface area contributed by atoms with Crippen LogP contribution in [-0.4, -0.2) is 22.6 Å². The molecular formula is C21H21FN2O2. The van der Waals surface area contributed by atoms with E-state index >= 15 is 0 Å². The van der Waals surface area contributed by atoms with Crippen molar-refractivity contribution in [3.8, 4) is 0 Å². The predicted octanol–water partition coefficient (Wildman–Crippen LogP) is 4.40. The molecule has 26 heavy (non-hydrogen) atoms. The van der Waals surface area contributed by atoms with Crippen molar-refractivity contribution < 1.29 is 14.0 Å². The lowest BCUT2D eigenvalue weighted by molar-refractivity contribution is -0.126. The topological polar surface area (TPSA) is 41.9 Å². The normalized spacial score (nSPS) is 20.2. The molecule has 2 aliphatic rings. The highest BCUT2D eigenvalue weighted by Crippen LogP contribution is 2.37. The first-order valence-corrected chi connectivity index (χ1v) is 9.00. The maximum Gasteiger partial charge on any atom is 0.272 e. The standard InChI is InChI=1S/C21H21FN2O2/c1-14(17-9-5-6-10-18(17)22)24(16-11-12-16)21(25)19-13-20(26-23-19)15-7-3-2-4-8-15/h2-10,14,16,20H,11-13H2,1H3. The third-order valence-corrected chi connectivity index (χ3v) is 5.03. The predicted molar refractivity (Wildman–Crippen MR) is 97.0 cm³/mol. The SMILES string of the molecule is CC(c1ccccc1F)N(C(=O)C1=NOC(c2ccccc2)C1)C1CC1. The first kappa shape index (κ1) is 16.8. The fraction of sp³-hybridized carbons (Fsp3) is 0.333. The van der Waals surface area contributed by atoms with Crippen molar-refractivity contribution in [3.05, 3.63) is 71.5 Å². The Morgan fingerprint density at radius 2 is 1.85 bits per heavy atom. The zero-order valence-corrected chi connectivity index (χ0v) is 14.6. The zero-order chi connectivity index (χ0) is 18.1. The van der Waals surface area contributed by atoms with E-state index in [1.807, 2.05) is 37.3 Å². The first-order valence-electron chi connectivity index (χ1n) is 9.00. The molecule has 2 aromatic rings.